The third kappa shape index (κ3) is 4.70. The monoisotopic (exact) mass is 443 g/mol. The molecule has 0 saturated carbocycles. The number of hydrogen-bond acceptors (Lipinski definition) is 5. The van der Waals surface area contributed by atoms with Gasteiger partial charge in [-0.05, 0) is 64.8 Å². The zero-order valence-corrected chi connectivity index (χ0v) is 16.2. The van der Waals surface area contributed by atoms with Crippen LogP contribution in [0.5, 0.6) is 0 Å². The van der Waals surface area contributed by atoms with Crippen molar-refractivity contribution in [3.63, 3.8) is 0 Å². The van der Waals surface area contributed by atoms with Crippen LogP contribution in [0, 0.1) is 5.92 Å². The SMILES string of the molecule is NCC(c1ccc(C(F)(F)F)cc1)C1CCN(c2cc(N)nc(Br)n2)CC1. The average Bonchev–Trinajstić information content (AvgIpc) is 2.62. The normalized spacial score (nSPS) is 17.1. The topological polar surface area (TPSA) is 81.1 Å². The standard InChI is InChI=1S/C18H21BrF3N5/c19-17-25-15(24)9-16(26-17)27-7-5-12(6-8-27)14(10-23)11-1-3-13(4-2-11)18(20,21)22/h1-4,9,12,14H,5-8,10,23H2,(H2,24,25,26). The Morgan fingerprint density at radius 2 is 1.78 bits per heavy atom. The third-order valence-corrected chi connectivity index (χ3v) is 5.41. The molecule has 2 aromatic rings. The largest absolute Gasteiger partial charge is 0.416 e. The van der Waals surface area contributed by atoms with Gasteiger partial charge in [0.05, 0.1) is 5.56 Å². The Kier molecular flexibility index (Phi) is 5.90. The summed E-state index contributed by atoms with van der Waals surface area (Å²) in [7, 11) is 0. The van der Waals surface area contributed by atoms with Crippen molar-refractivity contribution in [3.05, 3.63) is 46.2 Å². The van der Waals surface area contributed by atoms with E-state index in [2.05, 4.69) is 30.8 Å². The molecule has 1 saturated heterocycles. The van der Waals surface area contributed by atoms with Crippen LogP contribution in [0.25, 0.3) is 0 Å². The number of alkyl halides is 3. The highest BCUT2D eigenvalue weighted by Gasteiger charge is 2.31. The Labute approximate surface area is 164 Å². The lowest BCUT2D eigenvalue weighted by Gasteiger charge is -2.36. The second kappa shape index (κ2) is 8.02. The predicted octanol–water partition coefficient (Wildman–Crippen LogP) is 3.80. The summed E-state index contributed by atoms with van der Waals surface area (Å²) in [5.74, 6) is 1.52. The highest BCUT2D eigenvalue weighted by Crippen LogP contribution is 2.35. The molecule has 1 fully saturated rings. The fourth-order valence-corrected chi connectivity index (χ4v) is 4.02. The number of nitrogens with zero attached hydrogens (tertiary/aromatic N) is 3. The fourth-order valence-electron chi connectivity index (χ4n) is 3.64. The lowest BCUT2D eigenvalue weighted by Crippen LogP contribution is -2.37. The van der Waals surface area contributed by atoms with Gasteiger partial charge in [0.1, 0.15) is 11.6 Å². The van der Waals surface area contributed by atoms with Gasteiger partial charge < -0.3 is 16.4 Å². The number of halogens is 4. The summed E-state index contributed by atoms with van der Waals surface area (Å²) in [6, 6.07) is 7.11. The van der Waals surface area contributed by atoms with Crippen molar-refractivity contribution in [2.45, 2.75) is 24.9 Å². The number of benzene rings is 1. The molecule has 9 heteroatoms. The van der Waals surface area contributed by atoms with Crippen molar-refractivity contribution in [3.8, 4) is 0 Å². The van der Waals surface area contributed by atoms with Gasteiger partial charge in [-0.3, -0.25) is 0 Å². The van der Waals surface area contributed by atoms with Crippen LogP contribution >= 0.6 is 15.9 Å². The summed E-state index contributed by atoms with van der Waals surface area (Å²) in [5, 5.41) is 0. The van der Waals surface area contributed by atoms with Gasteiger partial charge in [-0.2, -0.15) is 13.2 Å². The van der Waals surface area contributed by atoms with Crippen molar-refractivity contribution < 1.29 is 13.2 Å². The Hall–Kier alpha value is -1.87. The van der Waals surface area contributed by atoms with Crippen molar-refractivity contribution in [2.24, 2.45) is 11.7 Å². The van der Waals surface area contributed by atoms with Crippen molar-refractivity contribution in [1.82, 2.24) is 9.97 Å². The molecule has 0 radical (unpaired) electrons. The Balaban J connectivity index is 1.68. The zero-order valence-electron chi connectivity index (χ0n) is 14.6. The first-order valence-corrected chi connectivity index (χ1v) is 9.49. The van der Waals surface area contributed by atoms with E-state index in [1.165, 1.54) is 0 Å². The minimum absolute atomic E-state index is 0.0386. The van der Waals surface area contributed by atoms with E-state index in [9.17, 15) is 13.2 Å². The van der Waals surface area contributed by atoms with E-state index in [1.54, 1.807) is 18.2 Å². The van der Waals surface area contributed by atoms with Crippen molar-refractivity contribution in [1.29, 1.82) is 0 Å². The van der Waals surface area contributed by atoms with Crippen LogP contribution in [0.2, 0.25) is 0 Å². The molecule has 0 aliphatic carbocycles. The first-order chi connectivity index (χ1) is 12.8. The molecule has 4 N–H and O–H groups in total. The molecule has 27 heavy (non-hydrogen) atoms. The van der Waals surface area contributed by atoms with E-state index in [4.69, 9.17) is 11.5 Å². The van der Waals surface area contributed by atoms with Gasteiger partial charge in [0.15, 0.2) is 4.73 Å². The smallest absolute Gasteiger partial charge is 0.383 e. The number of aromatic nitrogens is 2. The summed E-state index contributed by atoms with van der Waals surface area (Å²) >= 11 is 3.25. The Morgan fingerprint density at radius 3 is 2.30 bits per heavy atom. The number of rotatable bonds is 4. The Bertz CT molecular complexity index is 753. The molecule has 1 aromatic heterocycles. The summed E-state index contributed by atoms with van der Waals surface area (Å²) < 4.78 is 38.7. The minimum atomic E-state index is -4.32. The van der Waals surface area contributed by atoms with Crippen LogP contribution in [0.1, 0.15) is 29.9 Å². The second-order valence-corrected chi connectivity index (χ2v) is 7.42. The molecule has 5 nitrogen and oxygen atoms in total. The molecular formula is C18H21BrF3N5. The average molecular weight is 444 g/mol. The summed E-state index contributed by atoms with van der Waals surface area (Å²) in [4.78, 5) is 10.5. The first-order valence-electron chi connectivity index (χ1n) is 8.70. The third-order valence-electron chi connectivity index (χ3n) is 5.06. The lowest BCUT2D eigenvalue weighted by molar-refractivity contribution is -0.137. The molecule has 1 unspecified atom stereocenters. The maximum absolute atomic E-state index is 12.8. The van der Waals surface area contributed by atoms with Gasteiger partial charge >= 0.3 is 6.18 Å². The van der Waals surface area contributed by atoms with E-state index in [0.717, 1.165) is 49.4 Å². The predicted molar refractivity (Wildman–Crippen MR) is 102 cm³/mol. The maximum atomic E-state index is 12.8. The molecular weight excluding hydrogens is 423 g/mol. The summed E-state index contributed by atoms with van der Waals surface area (Å²) in [6.07, 6.45) is -2.56. The van der Waals surface area contributed by atoms with Gasteiger partial charge in [-0.1, -0.05) is 12.1 Å². The summed E-state index contributed by atoms with van der Waals surface area (Å²) in [6.45, 7) is 1.97. The molecule has 0 amide bonds. The van der Waals surface area contributed by atoms with Crippen LogP contribution in [0.15, 0.2) is 35.1 Å². The minimum Gasteiger partial charge on any atom is -0.383 e. The van der Waals surface area contributed by atoms with E-state index in [0.29, 0.717) is 23.0 Å². The van der Waals surface area contributed by atoms with Crippen LogP contribution in [-0.4, -0.2) is 29.6 Å². The molecule has 2 heterocycles. The summed E-state index contributed by atoms with van der Waals surface area (Å²) in [5.41, 5.74) is 12.0. The van der Waals surface area contributed by atoms with E-state index < -0.39 is 11.7 Å². The van der Waals surface area contributed by atoms with E-state index in [1.807, 2.05) is 0 Å². The second-order valence-electron chi connectivity index (χ2n) is 6.71. The van der Waals surface area contributed by atoms with Gasteiger partial charge in [-0.15, -0.1) is 0 Å². The molecule has 1 atom stereocenters. The van der Waals surface area contributed by atoms with Crippen LogP contribution in [0.3, 0.4) is 0 Å². The maximum Gasteiger partial charge on any atom is 0.416 e. The number of anilines is 2. The molecule has 1 aliphatic rings. The first kappa shape index (κ1) is 19.9. The molecule has 3 rings (SSSR count). The van der Waals surface area contributed by atoms with Gasteiger partial charge in [0.2, 0.25) is 0 Å². The van der Waals surface area contributed by atoms with Gasteiger partial charge in [0.25, 0.3) is 0 Å². The quantitative estimate of drug-likeness (QED) is 0.702. The molecule has 0 bridgehead atoms. The molecule has 0 spiro atoms. The lowest BCUT2D eigenvalue weighted by atomic mass is 9.80. The Morgan fingerprint density at radius 1 is 1.15 bits per heavy atom. The van der Waals surface area contributed by atoms with E-state index in [-0.39, 0.29) is 5.92 Å². The van der Waals surface area contributed by atoms with E-state index >= 15 is 0 Å². The van der Waals surface area contributed by atoms with Crippen LogP contribution < -0.4 is 16.4 Å². The van der Waals surface area contributed by atoms with Crippen molar-refractivity contribution in [2.75, 3.05) is 30.3 Å². The van der Waals surface area contributed by atoms with Crippen LogP contribution in [0.4, 0.5) is 24.8 Å². The molecule has 146 valence electrons. The number of nitrogen functional groups attached to an aromatic ring is 1. The van der Waals surface area contributed by atoms with Gasteiger partial charge in [0, 0.05) is 19.2 Å². The van der Waals surface area contributed by atoms with Crippen LogP contribution in [-0.2, 0) is 6.18 Å². The highest BCUT2D eigenvalue weighted by molar-refractivity contribution is 9.10. The fraction of sp³-hybridized carbons (Fsp3) is 0.444. The van der Waals surface area contributed by atoms with Crippen molar-refractivity contribution >= 4 is 27.6 Å². The number of nitrogens with two attached hydrogens (primary N) is 2. The number of hydrogen-bond donors (Lipinski definition) is 2. The molecule has 1 aliphatic heterocycles. The van der Waals surface area contributed by atoms with Gasteiger partial charge in [-0.25, -0.2) is 9.97 Å². The zero-order chi connectivity index (χ0) is 19.6. The number of piperidine rings is 1. The highest BCUT2D eigenvalue weighted by atomic mass is 79.9. The molecule has 1 aromatic carbocycles.